The van der Waals surface area contributed by atoms with Gasteiger partial charge < -0.3 is 9.05 Å². The van der Waals surface area contributed by atoms with Crippen LogP contribution in [-0.2, 0) is 4.52 Å². The average molecular weight is 212 g/mol. The topological polar surface area (TPSA) is 18.5 Å². The highest BCUT2D eigenvalue weighted by molar-refractivity contribution is 7.26. The van der Waals surface area contributed by atoms with E-state index in [0.717, 1.165) is 5.75 Å². The third-order valence-electron chi connectivity index (χ3n) is 1.53. The van der Waals surface area contributed by atoms with E-state index < -0.39 is 0 Å². The summed E-state index contributed by atoms with van der Waals surface area (Å²) in [5.74, 6) is 0.859. The van der Waals surface area contributed by atoms with Crippen molar-refractivity contribution in [1.82, 2.24) is 0 Å². The molecule has 1 aromatic carbocycles. The molecule has 0 aliphatic rings. The lowest BCUT2D eigenvalue weighted by Crippen LogP contribution is -2.14. The first kappa shape index (κ1) is 11.5. The summed E-state index contributed by atoms with van der Waals surface area (Å²) in [4.78, 5) is 0. The van der Waals surface area contributed by atoms with Crippen LogP contribution in [-0.4, -0.2) is 5.60 Å². The van der Waals surface area contributed by atoms with Crippen LogP contribution in [0.4, 0.5) is 0 Å². The fraction of sp³-hybridized carbons (Fsp3) is 0.455. The van der Waals surface area contributed by atoms with E-state index in [1.54, 1.807) is 0 Å². The van der Waals surface area contributed by atoms with Crippen molar-refractivity contribution in [2.24, 2.45) is 0 Å². The predicted octanol–water partition coefficient (Wildman–Crippen LogP) is 3.70. The van der Waals surface area contributed by atoms with E-state index in [1.165, 1.54) is 5.56 Å². The van der Waals surface area contributed by atoms with E-state index in [9.17, 15) is 0 Å². The fourth-order valence-electron chi connectivity index (χ4n) is 0.800. The van der Waals surface area contributed by atoms with E-state index in [-0.39, 0.29) is 14.6 Å². The van der Waals surface area contributed by atoms with Gasteiger partial charge in [0.25, 0.3) is 0 Å². The summed E-state index contributed by atoms with van der Waals surface area (Å²) in [6, 6.07) is 7.95. The smallest absolute Gasteiger partial charge is 0.215 e. The summed E-state index contributed by atoms with van der Waals surface area (Å²) < 4.78 is 10.9. The molecule has 1 unspecified atom stereocenters. The summed E-state index contributed by atoms with van der Waals surface area (Å²) in [6.07, 6.45) is 0. The van der Waals surface area contributed by atoms with E-state index in [2.05, 4.69) is 6.92 Å². The van der Waals surface area contributed by atoms with E-state index in [1.807, 2.05) is 45.0 Å². The normalized spacial score (nSPS) is 12.3. The van der Waals surface area contributed by atoms with Gasteiger partial charge in [-0.15, -0.1) is 0 Å². The van der Waals surface area contributed by atoms with Gasteiger partial charge in [-0.3, -0.25) is 0 Å². The van der Waals surface area contributed by atoms with Crippen LogP contribution in [0.25, 0.3) is 0 Å². The van der Waals surface area contributed by atoms with Crippen LogP contribution in [0, 0.1) is 6.92 Å². The molecule has 0 fully saturated rings. The monoisotopic (exact) mass is 212 g/mol. The van der Waals surface area contributed by atoms with Gasteiger partial charge >= 0.3 is 0 Å². The van der Waals surface area contributed by atoms with Gasteiger partial charge in [-0.1, -0.05) is 17.7 Å². The van der Waals surface area contributed by atoms with Crippen molar-refractivity contribution in [1.29, 1.82) is 0 Å². The molecule has 0 bridgehead atoms. The van der Waals surface area contributed by atoms with Gasteiger partial charge in [0.15, 0.2) is 0 Å². The van der Waals surface area contributed by atoms with E-state index >= 15 is 0 Å². The Morgan fingerprint density at radius 3 is 2.14 bits per heavy atom. The Kier molecular flexibility index (Phi) is 3.91. The molecule has 1 rings (SSSR count). The second kappa shape index (κ2) is 4.77. The molecule has 3 heteroatoms. The first-order valence-electron chi connectivity index (χ1n) is 4.64. The summed E-state index contributed by atoms with van der Waals surface area (Å²) in [7, 11) is 0.0579. The Balaban J connectivity index is 2.35. The molecule has 0 amide bonds. The van der Waals surface area contributed by atoms with Crippen molar-refractivity contribution in [3.63, 3.8) is 0 Å². The molecule has 78 valence electrons. The van der Waals surface area contributed by atoms with Crippen LogP contribution in [0.5, 0.6) is 5.75 Å². The molecule has 0 saturated heterocycles. The highest BCUT2D eigenvalue weighted by atomic mass is 31.1. The Labute approximate surface area is 87.6 Å². The van der Waals surface area contributed by atoms with Crippen molar-refractivity contribution in [2.45, 2.75) is 33.3 Å². The largest absolute Gasteiger partial charge is 0.450 e. The van der Waals surface area contributed by atoms with Gasteiger partial charge in [-0.25, -0.2) is 0 Å². The lowest BCUT2D eigenvalue weighted by Gasteiger charge is -2.18. The predicted molar refractivity (Wildman–Crippen MR) is 61.0 cm³/mol. The molecule has 14 heavy (non-hydrogen) atoms. The minimum absolute atomic E-state index is 0.0579. The van der Waals surface area contributed by atoms with Gasteiger partial charge in [0, 0.05) is 0 Å². The molecule has 0 heterocycles. The number of rotatable bonds is 3. The minimum atomic E-state index is -0.136. The maximum Gasteiger partial charge on any atom is 0.215 e. The van der Waals surface area contributed by atoms with Gasteiger partial charge in [0.05, 0.1) is 5.60 Å². The molecular formula is C11H17O2P. The van der Waals surface area contributed by atoms with Crippen LogP contribution in [0.2, 0.25) is 0 Å². The van der Waals surface area contributed by atoms with Gasteiger partial charge in [-0.2, -0.15) is 0 Å². The molecule has 0 saturated carbocycles. The highest BCUT2D eigenvalue weighted by Gasteiger charge is 2.10. The summed E-state index contributed by atoms with van der Waals surface area (Å²) in [5, 5.41) is 0. The van der Waals surface area contributed by atoms with Crippen LogP contribution in [0.3, 0.4) is 0 Å². The SMILES string of the molecule is Cc1ccc(OPOC(C)(C)C)cc1. The first-order valence-corrected chi connectivity index (χ1v) is 5.45. The molecular weight excluding hydrogens is 195 g/mol. The quantitative estimate of drug-likeness (QED) is 0.711. The Bertz CT molecular complexity index is 274. The summed E-state index contributed by atoms with van der Waals surface area (Å²) in [5.41, 5.74) is 1.10. The van der Waals surface area contributed by atoms with Crippen LogP contribution in [0.15, 0.2) is 24.3 Å². The van der Waals surface area contributed by atoms with Crippen LogP contribution < -0.4 is 4.52 Å². The first-order chi connectivity index (χ1) is 6.47. The zero-order chi connectivity index (χ0) is 10.6. The number of hydrogen-bond donors (Lipinski definition) is 0. The molecule has 0 aliphatic heterocycles. The third-order valence-corrected chi connectivity index (χ3v) is 2.54. The zero-order valence-corrected chi connectivity index (χ0v) is 10.1. The van der Waals surface area contributed by atoms with E-state index in [0.29, 0.717) is 0 Å². The molecule has 1 atom stereocenters. The summed E-state index contributed by atoms with van der Waals surface area (Å²) >= 11 is 0. The third kappa shape index (κ3) is 4.59. The maximum atomic E-state index is 5.47. The molecule has 2 nitrogen and oxygen atoms in total. The lowest BCUT2D eigenvalue weighted by molar-refractivity contribution is 0.143. The second-order valence-corrected chi connectivity index (χ2v) is 4.79. The molecule has 0 spiro atoms. The van der Waals surface area contributed by atoms with Crippen molar-refractivity contribution in [2.75, 3.05) is 0 Å². The molecule has 0 aromatic heterocycles. The maximum absolute atomic E-state index is 5.47. The lowest BCUT2D eigenvalue weighted by atomic mass is 10.2. The fourth-order valence-corrected chi connectivity index (χ4v) is 1.32. The number of hydrogen-bond acceptors (Lipinski definition) is 2. The van der Waals surface area contributed by atoms with Gasteiger partial charge in [0.2, 0.25) is 9.03 Å². The standard InChI is InChI=1S/C11H17O2P/c1-9-5-7-10(8-6-9)12-14-13-11(2,3)4/h5-8,14H,1-4H3. The highest BCUT2D eigenvalue weighted by Crippen LogP contribution is 2.26. The Morgan fingerprint density at radius 2 is 1.64 bits per heavy atom. The van der Waals surface area contributed by atoms with Crippen molar-refractivity contribution < 1.29 is 9.05 Å². The average Bonchev–Trinajstić information content (AvgIpc) is 2.06. The Morgan fingerprint density at radius 1 is 1.07 bits per heavy atom. The number of aryl methyl sites for hydroxylation is 1. The molecule has 0 radical (unpaired) electrons. The molecule has 0 aliphatic carbocycles. The van der Waals surface area contributed by atoms with Crippen molar-refractivity contribution in [3.8, 4) is 5.75 Å². The van der Waals surface area contributed by atoms with Crippen LogP contribution >= 0.6 is 9.03 Å². The molecule has 1 aromatic rings. The second-order valence-electron chi connectivity index (χ2n) is 4.21. The summed E-state index contributed by atoms with van der Waals surface area (Å²) in [6.45, 7) is 8.09. The Hall–Kier alpha value is -0.590. The zero-order valence-electron chi connectivity index (χ0n) is 9.13. The van der Waals surface area contributed by atoms with Gasteiger partial charge in [-0.05, 0) is 39.8 Å². The van der Waals surface area contributed by atoms with Crippen molar-refractivity contribution in [3.05, 3.63) is 29.8 Å². The minimum Gasteiger partial charge on any atom is -0.450 e. The van der Waals surface area contributed by atoms with E-state index in [4.69, 9.17) is 9.05 Å². The van der Waals surface area contributed by atoms with Crippen molar-refractivity contribution >= 4 is 9.03 Å². The number of benzene rings is 1. The van der Waals surface area contributed by atoms with Crippen LogP contribution in [0.1, 0.15) is 26.3 Å². The molecule has 0 N–H and O–H groups in total. The van der Waals surface area contributed by atoms with Gasteiger partial charge in [0.1, 0.15) is 5.75 Å².